The molecule has 1 atom stereocenters. The second-order valence-electron chi connectivity index (χ2n) is 7.16. The largest absolute Gasteiger partial charge is 0.494 e. The monoisotopic (exact) mass is 480 g/mol. The summed E-state index contributed by atoms with van der Waals surface area (Å²) in [5.41, 5.74) is 1.77. The number of hydrogen-bond donors (Lipinski definition) is 1. The number of aryl methyl sites for hydroxylation is 1. The Morgan fingerprint density at radius 3 is 2.32 bits per heavy atom. The van der Waals surface area contributed by atoms with E-state index in [0.717, 1.165) is 5.56 Å². The molecule has 0 fully saturated rings. The van der Waals surface area contributed by atoms with E-state index in [1.165, 1.54) is 18.8 Å². The predicted molar refractivity (Wildman–Crippen MR) is 127 cm³/mol. The van der Waals surface area contributed by atoms with Gasteiger partial charge in [-0.05, 0) is 30.7 Å². The van der Waals surface area contributed by atoms with Crippen LogP contribution in [0.1, 0.15) is 23.1 Å². The van der Waals surface area contributed by atoms with Gasteiger partial charge in [0.25, 0.3) is 0 Å². The van der Waals surface area contributed by atoms with Crippen LogP contribution in [-0.2, 0) is 23.3 Å². The van der Waals surface area contributed by atoms with E-state index in [9.17, 15) is 9.00 Å². The van der Waals surface area contributed by atoms with Crippen LogP contribution in [0.2, 0.25) is 0 Å². The van der Waals surface area contributed by atoms with Crippen LogP contribution in [0.3, 0.4) is 0 Å². The number of carbonyl (C=O) groups is 1. The SMILES string of the molecule is CCn1ccc(-c2nnc(C(=O)NS(=O)Cc3ccccc3)n2-c2c(OC)cccc2OC)n1. The fraction of sp³-hybridized carbons (Fsp3) is 0.217. The van der Waals surface area contributed by atoms with E-state index >= 15 is 0 Å². The zero-order valence-corrected chi connectivity index (χ0v) is 19.8. The third kappa shape index (κ3) is 4.69. The molecule has 1 unspecified atom stereocenters. The van der Waals surface area contributed by atoms with Gasteiger partial charge in [-0.15, -0.1) is 10.2 Å². The number of ether oxygens (including phenoxy) is 2. The van der Waals surface area contributed by atoms with Gasteiger partial charge in [-0.3, -0.25) is 18.8 Å². The fourth-order valence-electron chi connectivity index (χ4n) is 3.43. The molecule has 1 amide bonds. The fourth-order valence-corrected chi connectivity index (χ4v) is 4.29. The van der Waals surface area contributed by atoms with E-state index in [-0.39, 0.29) is 11.6 Å². The lowest BCUT2D eigenvalue weighted by Gasteiger charge is -2.16. The van der Waals surface area contributed by atoms with Crippen molar-refractivity contribution in [2.75, 3.05) is 14.2 Å². The number of nitrogens with one attached hydrogen (secondary N) is 1. The van der Waals surface area contributed by atoms with Gasteiger partial charge in [-0.1, -0.05) is 36.4 Å². The molecule has 10 nitrogen and oxygen atoms in total. The summed E-state index contributed by atoms with van der Waals surface area (Å²) >= 11 is 0. The Balaban J connectivity index is 1.78. The number of nitrogens with zero attached hydrogens (tertiary/aromatic N) is 5. The average molecular weight is 481 g/mol. The first-order valence-corrected chi connectivity index (χ1v) is 11.8. The number of benzene rings is 2. The minimum absolute atomic E-state index is 0.0785. The van der Waals surface area contributed by atoms with Gasteiger partial charge in [0.1, 0.15) is 33.9 Å². The lowest BCUT2D eigenvalue weighted by atomic mass is 10.2. The summed E-state index contributed by atoms with van der Waals surface area (Å²) in [4.78, 5) is 13.2. The number of hydrogen-bond acceptors (Lipinski definition) is 7. The number of amides is 1. The second kappa shape index (κ2) is 10.3. The molecule has 0 bridgehead atoms. The molecule has 4 aromatic rings. The Hall–Kier alpha value is -3.99. The van der Waals surface area contributed by atoms with Crippen LogP contribution in [0.25, 0.3) is 17.2 Å². The molecule has 1 N–H and O–H groups in total. The minimum atomic E-state index is -1.68. The van der Waals surface area contributed by atoms with Crippen LogP contribution in [-0.4, -0.2) is 48.9 Å². The first-order chi connectivity index (χ1) is 16.5. The quantitative estimate of drug-likeness (QED) is 0.392. The van der Waals surface area contributed by atoms with E-state index in [0.29, 0.717) is 35.2 Å². The number of rotatable bonds is 9. The van der Waals surface area contributed by atoms with E-state index in [4.69, 9.17) is 9.47 Å². The number of para-hydroxylation sites is 1. The van der Waals surface area contributed by atoms with Gasteiger partial charge >= 0.3 is 5.91 Å². The summed E-state index contributed by atoms with van der Waals surface area (Å²) in [6.07, 6.45) is 1.81. The van der Waals surface area contributed by atoms with E-state index in [1.54, 1.807) is 28.9 Å². The maximum absolute atomic E-state index is 13.2. The summed E-state index contributed by atoms with van der Waals surface area (Å²) in [7, 11) is 1.36. The summed E-state index contributed by atoms with van der Waals surface area (Å²) in [6, 6.07) is 16.3. The highest BCUT2D eigenvalue weighted by Crippen LogP contribution is 2.35. The molecule has 176 valence electrons. The molecule has 2 aromatic heterocycles. The van der Waals surface area contributed by atoms with E-state index in [1.807, 2.05) is 43.5 Å². The molecule has 34 heavy (non-hydrogen) atoms. The van der Waals surface area contributed by atoms with Gasteiger partial charge < -0.3 is 9.47 Å². The summed E-state index contributed by atoms with van der Waals surface area (Å²) in [5.74, 6) is 0.617. The zero-order valence-electron chi connectivity index (χ0n) is 19.0. The Kier molecular flexibility index (Phi) is 7.02. The first-order valence-electron chi connectivity index (χ1n) is 10.5. The van der Waals surface area contributed by atoms with Crippen molar-refractivity contribution in [1.82, 2.24) is 29.3 Å². The van der Waals surface area contributed by atoms with E-state index < -0.39 is 16.9 Å². The van der Waals surface area contributed by atoms with Crippen molar-refractivity contribution in [2.24, 2.45) is 0 Å². The highest BCUT2D eigenvalue weighted by Gasteiger charge is 2.27. The van der Waals surface area contributed by atoms with Crippen molar-refractivity contribution in [3.05, 3.63) is 72.2 Å². The van der Waals surface area contributed by atoms with Crippen LogP contribution >= 0.6 is 0 Å². The Morgan fingerprint density at radius 2 is 1.71 bits per heavy atom. The van der Waals surface area contributed by atoms with Crippen molar-refractivity contribution in [2.45, 2.75) is 19.2 Å². The molecule has 0 aliphatic carbocycles. The molecule has 0 saturated carbocycles. The molecule has 4 rings (SSSR count). The molecular formula is C23H24N6O4S. The van der Waals surface area contributed by atoms with Gasteiger partial charge in [0.2, 0.25) is 5.82 Å². The van der Waals surface area contributed by atoms with Gasteiger partial charge in [0.05, 0.1) is 20.0 Å². The van der Waals surface area contributed by atoms with Crippen molar-refractivity contribution in [3.8, 4) is 28.7 Å². The Bertz CT molecular complexity index is 1300. The predicted octanol–water partition coefficient (Wildman–Crippen LogP) is 2.76. The molecule has 11 heteroatoms. The van der Waals surface area contributed by atoms with Gasteiger partial charge in [-0.2, -0.15) is 5.10 Å². The van der Waals surface area contributed by atoms with E-state index in [2.05, 4.69) is 20.0 Å². The Labute approximate surface area is 199 Å². The number of methoxy groups -OCH3 is 2. The highest BCUT2D eigenvalue weighted by atomic mass is 32.2. The molecule has 0 aliphatic heterocycles. The molecule has 0 aliphatic rings. The van der Waals surface area contributed by atoms with Gasteiger partial charge in [-0.25, -0.2) is 4.21 Å². The van der Waals surface area contributed by atoms with Gasteiger partial charge in [0, 0.05) is 12.7 Å². The molecule has 0 spiro atoms. The average Bonchev–Trinajstić information content (AvgIpc) is 3.51. The van der Waals surface area contributed by atoms with Crippen LogP contribution in [0.4, 0.5) is 0 Å². The third-order valence-corrected chi connectivity index (χ3v) is 6.04. The lowest BCUT2D eigenvalue weighted by molar-refractivity contribution is 0.0970. The highest BCUT2D eigenvalue weighted by molar-refractivity contribution is 7.82. The van der Waals surface area contributed by atoms with Crippen LogP contribution < -0.4 is 14.2 Å². The Morgan fingerprint density at radius 1 is 1.00 bits per heavy atom. The van der Waals surface area contributed by atoms with Crippen LogP contribution in [0, 0.1) is 0 Å². The number of carbonyl (C=O) groups excluding carboxylic acids is 1. The summed E-state index contributed by atoms with van der Waals surface area (Å²) in [5, 5.41) is 12.9. The number of aromatic nitrogens is 5. The standard InChI is InChI=1S/C23H24N6O4S/c1-4-28-14-13-17(26-28)21-24-25-22(23(30)27-34(31)15-16-9-6-5-7-10-16)29(21)20-18(32-2)11-8-12-19(20)33-3/h5-14H,4,15H2,1-3H3,(H,27,30). The first kappa shape index (κ1) is 23.2. The van der Waals surface area contributed by atoms with Crippen molar-refractivity contribution < 1.29 is 18.5 Å². The molecule has 0 radical (unpaired) electrons. The topological polar surface area (TPSA) is 113 Å². The molecule has 2 heterocycles. The maximum atomic E-state index is 13.2. The summed E-state index contributed by atoms with van der Waals surface area (Å²) in [6.45, 7) is 2.63. The van der Waals surface area contributed by atoms with Crippen molar-refractivity contribution in [1.29, 1.82) is 0 Å². The normalized spacial score (nSPS) is 11.7. The lowest BCUT2D eigenvalue weighted by Crippen LogP contribution is -2.29. The maximum Gasteiger partial charge on any atom is 0.301 e. The second-order valence-corrected chi connectivity index (χ2v) is 8.34. The minimum Gasteiger partial charge on any atom is -0.494 e. The summed E-state index contributed by atoms with van der Waals surface area (Å²) < 4.78 is 29.5. The molecular weight excluding hydrogens is 456 g/mol. The molecule has 0 saturated heterocycles. The van der Waals surface area contributed by atoms with Crippen molar-refractivity contribution in [3.63, 3.8) is 0 Å². The van der Waals surface area contributed by atoms with Crippen LogP contribution in [0.5, 0.6) is 11.5 Å². The third-order valence-electron chi connectivity index (χ3n) is 5.03. The zero-order chi connectivity index (χ0) is 24.1. The van der Waals surface area contributed by atoms with Gasteiger partial charge in [0.15, 0.2) is 5.82 Å². The van der Waals surface area contributed by atoms with Crippen molar-refractivity contribution >= 4 is 16.9 Å². The smallest absolute Gasteiger partial charge is 0.301 e. The molecule has 2 aromatic carbocycles. The van der Waals surface area contributed by atoms with Crippen LogP contribution in [0.15, 0.2) is 60.8 Å².